The van der Waals surface area contributed by atoms with Crippen molar-refractivity contribution in [3.8, 4) is 0 Å². The normalized spacial score (nSPS) is 10.5. The maximum Gasteiger partial charge on any atom is 0.341 e. The fourth-order valence-electron chi connectivity index (χ4n) is 4.50. The highest BCUT2D eigenvalue weighted by atomic mass is 35.8. The van der Waals surface area contributed by atoms with Crippen molar-refractivity contribution in [2.24, 2.45) is 0 Å². The van der Waals surface area contributed by atoms with Crippen molar-refractivity contribution >= 4 is 104 Å². The lowest BCUT2D eigenvalue weighted by Gasteiger charge is -2.11. The number of carbonyl (C=O) groups excluding carboxylic acids is 6. The molecular formula is C42H47Cl5O12Si2. The van der Waals surface area contributed by atoms with E-state index in [1.165, 1.54) is 54.6 Å². The minimum atomic E-state index is -2.71. The molecule has 0 aromatic heterocycles. The van der Waals surface area contributed by atoms with Gasteiger partial charge in [0.1, 0.15) is 19.8 Å². The van der Waals surface area contributed by atoms with Crippen molar-refractivity contribution in [2.45, 2.75) is 38.4 Å². The molecule has 0 saturated carbocycles. The van der Waals surface area contributed by atoms with Crippen molar-refractivity contribution < 1.29 is 57.2 Å². The number of halogens is 5. The fraction of sp³-hybridized carbons (Fsp3) is 0.286. The van der Waals surface area contributed by atoms with Gasteiger partial charge in [-0.05, 0) is 74.8 Å². The highest BCUT2D eigenvalue weighted by Gasteiger charge is 2.25. The SMILES string of the molecule is C=CCOC(=O)c1ccccc1C(=O)OCC.C=CCOC(=O)c1ccccc1C(=O)OCCC[Si](C)(Cl)Cl.C=CCOC(=O)c1ccccc1C(=O)OCCC[Si](Cl)(Cl)Cl. The molecule has 12 nitrogen and oxygen atoms in total. The molecule has 0 heterocycles. The molecule has 0 aliphatic carbocycles. The van der Waals surface area contributed by atoms with E-state index in [2.05, 4.69) is 19.7 Å². The van der Waals surface area contributed by atoms with Crippen LogP contribution in [0, 0.1) is 0 Å². The minimum Gasteiger partial charge on any atom is -0.462 e. The molecule has 3 aromatic rings. The van der Waals surface area contributed by atoms with Crippen molar-refractivity contribution in [3.05, 3.63) is 144 Å². The number of hydrogen-bond donors (Lipinski definition) is 0. The van der Waals surface area contributed by atoms with E-state index < -0.39 is 48.5 Å². The van der Waals surface area contributed by atoms with Gasteiger partial charge in [-0.1, -0.05) is 74.4 Å². The molecule has 0 N–H and O–H groups in total. The van der Waals surface area contributed by atoms with Crippen LogP contribution in [0.25, 0.3) is 0 Å². The second kappa shape index (κ2) is 29.8. The maximum absolute atomic E-state index is 12.1. The van der Waals surface area contributed by atoms with Gasteiger partial charge < -0.3 is 28.4 Å². The van der Waals surface area contributed by atoms with E-state index in [1.807, 2.05) is 6.55 Å². The Morgan fingerprint density at radius 3 is 0.984 bits per heavy atom. The molecule has 3 aromatic carbocycles. The minimum absolute atomic E-state index is 0.0656. The van der Waals surface area contributed by atoms with Crippen LogP contribution in [0.1, 0.15) is 81.9 Å². The van der Waals surface area contributed by atoms with E-state index in [0.29, 0.717) is 24.9 Å². The first-order chi connectivity index (χ1) is 28.9. The van der Waals surface area contributed by atoms with Crippen LogP contribution < -0.4 is 0 Å². The molecular weight excluding hydrogens is 930 g/mol. The maximum atomic E-state index is 12.1. The third-order valence-electron chi connectivity index (χ3n) is 7.20. The van der Waals surface area contributed by atoms with Gasteiger partial charge in [0.15, 0.2) is 0 Å². The zero-order valence-corrected chi connectivity index (χ0v) is 39.4. The largest absolute Gasteiger partial charge is 0.462 e. The average molecular weight is 977 g/mol. The van der Waals surface area contributed by atoms with Crippen molar-refractivity contribution in [2.75, 3.05) is 39.6 Å². The first-order valence-corrected chi connectivity index (χ1v) is 28.4. The Bertz CT molecular complexity index is 1850. The van der Waals surface area contributed by atoms with Gasteiger partial charge in [0.25, 0.3) is 0 Å². The lowest BCUT2D eigenvalue weighted by atomic mass is 10.1. The van der Waals surface area contributed by atoms with E-state index in [9.17, 15) is 28.8 Å². The summed E-state index contributed by atoms with van der Waals surface area (Å²) >= 11 is 29.2. The Morgan fingerprint density at radius 2 is 0.738 bits per heavy atom. The van der Waals surface area contributed by atoms with Gasteiger partial charge in [-0.2, -0.15) is 0 Å². The lowest BCUT2D eigenvalue weighted by molar-refractivity contribution is 0.0474. The number of esters is 6. The van der Waals surface area contributed by atoms with E-state index in [4.69, 9.17) is 83.8 Å². The van der Waals surface area contributed by atoms with Crippen LogP contribution in [0.3, 0.4) is 0 Å². The second-order valence-corrected chi connectivity index (χ2v) is 29.7. The quantitative estimate of drug-likeness (QED) is 0.0249. The molecule has 0 aliphatic rings. The van der Waals surface area contributed by atoms with Crippen molar-refractivity contribution in [1.82, 2.24) is 0 Å². The topological polar surface area (TPSA) is 158 Å². The number of benzene rings is 3. The van der Waals surface area contributed by atoms with E-state index in [0.717, 1.165) is 0 Å². The Balaban J connectivity index is 0.000000462. The van der Waals surface area contributed by atoms with Crippen LogP contribution in [0.4, 0.5) is 0 Å². The van der Waals surface area contributed by atoms with Crippen LogP contribution in [0.5, 0.6) is 0 Å². The van der Waals surface area contributed by atoms with E-state index in [1.54, 1.807) is 43.3 Å². The standard InChI is InChI=1S/C15H18Cl2O4Si.C14H15Cl3O4Si.C13H14O4/c1-3-9-20-14(18)12-7-4-5-8-13(12)15(19)21-10-6-11-22(2,16)17;1-2-8-20-13(18)11-6-3-4-7-12(11)14(19)21-9-5-10-22(15,16)17;1-3-9-17-13(15)11-8-6-5-7-10(11)12(14)16-4-2/h3-5,7-8H,1,6,9-11H2,2H3;2-4,6-7H,1,5,8-10H2;3,5-8H,1,4,9H2,2H3. The number of hydrogen-bond acceptors (Lipinski definition) is 12. The molecule has 0 unspecified atom stereocenters. The Hall–Kier alpha value is -4.42. The number of rotatable bonds is 21. The molecule has 0 amide bonds. The van der Waals surface area contributed by atoms with Crippen molar-refractivity contribution in [3.63, 3.8) is 0 Å². The Labute approximate surface area is 381 Å². The fourth-order valence-corrected chi connectivity index (χ4v) is 7.82. The number of ether oxygens (including phenoxy) is 6. The van der Waals surface area contributed by atoms with Crippen LogP contribution in [0.15, 0.2) is 111 Å². The number of carbonyl (C=O) groups is 6. The van der Waals surface area contributed by atoms with Crippen LogP contribution in [-0.4, -0.2) is 88.2 Å². The van der Waals surface area contributed by atoms with Gasteiger partial charge in [-0.15, -0.1) is 55.4 Å². The summed E-state index contributed by atoms with van der Waals surface area (Å²) in [6, 6.07) is 17.3. The second-order valence-electron chi connectivity index (χ2n) is 12.2. The summed E-state index contributed by atoms with van der Waals surface area (Å²) in [7, 11) is 0. The molecule has 0 radical (unpaired) electrons. The highest BCUT2D eigenvalue weighted by molar-refractivity contribution is 7.64. The average Bonchev–Trinajstić information content (AvgIpc) is 3.23. The summed E-state index contributed by atoms with van der Waals surface area (Å²) in [5.74, 6) is -3.47. The molecule has 0 atom stereocenters. The van der Waals surface area contributed by atoms with E-state index >= 15 is 0 Å². The molecule has 61 heavy (non-hydrogen) atoms. The van der Waals surface area contributed by atoms with Gasteiger partial charge in [-0.25, -0.2) is 28.8 Å². The summed E-state index contributed by atoms with van der Waals surface area (Å²) in [4.78, 5) is 71.1. The highest BCUT2D eigenvalue weighted by Crippen LogP contribution is 2.26. The molecule has 19 heteroatoms. The zero-order chi connectivity index (χ0) is 45.8. The predicted molar refractivity (Wildman–Crippen MR) is 243 cm³/mol. The van der Waals surface area contributed by atoms with Gasteiger partial charge in [0, 0.05) is 0 Å². The van der Waals surface area contributed by atoms with Gasteiger partial charge in [-0.3, -0.25) is 0 Å². The Morgan fingerprint density at radius 1 is 0.475 bits per heavy atom. The van der Waals surface area contributed by atoms with Crippen LogP contribution in [-0.2, 0) is 28.4 Å². The predicted octanol–water partition coefficient (Wildman–Crippen LogP) is 10.6. The van der Waals surface area contributed by atoms with Crippen LogP contribution >= 0.6 is 55.4 Å². The van der Waals surface area contributed by atoms with Crippen LogP contribution in [0.2, 0.25) is 18.6 Å². The third kappa shape index (κ3) is 22.8. The smallest absolute Gasteiger partial charge is 0.341 e. The van der Waals surface area contributed by atoms with Gasteiger partial charge in [0.2, 0.25) is 6.69 Å². The molecule has 330 valence electrons. The molecule has 0 spiro atoms. The molecule has 0 aliphatic heterocycles. The summed E-state index contributed by atoms with van der Waals surface area (Å²) in [6.07, 6.45) is 5.41. The summed E-state index contributed by atoms with van der Waals surface area (Å²) < 4.78 is 29.9. The zero-order valence-electron chi connectivity index (χ0n) is 33.6. The first kappa shape index (κ1) is 54.6. The first-order valence-electron chi connectivity index (χ1n) is 18.5. The summed E-state index contributed by atoms with van der Waals surface area (Å²) in [5.41, 5.74) is 1.04. The third-order valence-corrected chi connectivity index (χ3v) is 12.2. The summed E-state index contributed by atoms with van der Waals surface area (Å²) in [6.45, 7) is 12.5. The molecule has 0 fully saturated rings. The molecule has 3 rings (SSSR count). The Kier molecular flexibility index (Phi) is 26.6. The summed E-state index contributed by atoms with van der Waals surface area (Å²) in [5, 5.41) is 0. The van der Waals surface area contributed by atoms with Gasteiger partial charge in [0.05, 0.1) is 53.2 Å². The monoisotopic (exact) mass is 974 g/mol. The van der Waals surface area contributed by atoms with Gasteiger partial charge >= 0.3 is 41.8 Å². The molecule has 0 bridgehead atoms. The lowest BCUT2D eigenvalue weighted by Crippen LogP contribution is -2.16. The van der Waals surface area contributed by atoms with Crippen molar-refractivity contribution in [1.29, 1.82) is 0 Å². The molecule has 0 saturated heterocycles. The van der Waals surface area contributed by atoms with E-state index in [-0.39, 0.29) is 73.0 Å².